The summed E-state index contributed by atoms with van der Waals surface area (Å²) >= 11 is 0. The van der Waals surface area contributed by atoms with Crippen molar-refractivity contribution >= 4 is 11.9 Å². The number of hydrogen-bond donors (Lipinski definition) is 3. The quantitative estimate of drug-likeness (QED) is 0.777. The Bertz CT molecular complexity index is 787. The maximum absolute atomic E-state index is 11.9. The van der Waals surface area contributed by atoms with Crippen molar-refractivity contribution in [2.45, 2.75) is 25.9 Å². The number of hydrogen-bond acceptors (Lipinski definition) is 3. The molecule has 2 aromatic rings. The number of ether oxygens (including phenoxy) is 1. The molecule has 25 heavy (non-hydrogen) atoms. The third-order valence-corrected chi connectivity index (χ3v) is 4.20. The molecule has 6 nitrogen and oxygen atoms in total. The lowest BCUT2D eigenvalue weighted by Crippen LogP contribution is -2.46. The molecule has 0 saturated heterocycles. The van der Waals surface area contributed by atoms with Gasteiger partial charge in [0.2, 0.25) is 5.91 Å². The van der Waals surface area contributed by atoms with E-state index in [1.807, 2.05) is 30.3 Å². The van der Waals surface area contributed by atoms with Gasteiger partial charge in [0.25, 0.3) is 0 Å². The van der Waals surface area contributed by atoms with Crippen molar-refractivity contribution in [2.24, 2.45) is 5.73 Å². The zero-order valence-corrected chi connectivity index (χ0v) is 14.0. The molecule has 3 rings (SSSR count). The van der Waals surface area contributed by atoms with Crippen LogP contribution >= 0.6 is 0 Å². The van der Waals surface area contributed by atoms with Gasteiger partial charge in [-0.3, -0.25) is 4.79 Å². The van der Waals surface area contributed by atoms with Gasteiger partial charge in [0, 0.05) is 13.0 Å². The highest BCUT2D eigenvalue weighted by molar-refractivity contribution is 5.86. The molecule has 1 heterocycles. The number of benzene rings is 2. The van der Waals surface area contributed by atoms with Crippen LogP contribution in [0, 0.1) is 0 Å². The van der Waals surface area contributed by atoms with Crippen LogP contribution < -0.4 is 21.1 Å². The number of nitrogens with two attached hydrogens (primary N) is 1. The van der Waals surface area contributed by atoms with E-state index in [2.05, 4.69) is 22.8 Å². The van der Waals surface area contributed by atoms with E-state index in [0.29, 0.717) is 6.54 Å². The summed E-state index contributed by atoms with van der Waals surface area (Å²) in [5.41, 5.74) is 9.50. The largest absolute Gasteiger partial charge is 0.493 e. The minimum atomic E-state index is -0.716. The molecule has 130 valence electrons. The van der Waals surface area contributed by atoms with Crippen molar-refractivity contribution in [1.82, 2.24) is 10.6 Å². The second-order valence-electron chi connectivity index (χ2n) is 6.07. The summed E-state index contributed by atoms with van der Waals surface area (Å²) in [7, 11) is 0. The van der Waals surface area contributed by atoms with Gasteiger partial charge in [-0.15, -0.1) is 0 Å². The van der Waals surface area contributed by atoms with Gasteiger partial charge in [-0.2, -0.15) is 0 Å². The number of fused-ring (bicyclic) bond motifs is 1. The van der Waals surface area contributed by atoms with E-state index in [4.69, 9.17) is 10.5 Å². The van der Waals surface area contributed by atoms with Gasteiger partial charge >= 0.3 is 6.03 Å². The lowest BCUT2D eigenvalue weighted by molar-refractivity contribution is -0.122. The van der Waals surface area contributed by atoms with Gasteiger partial charge in [0.05, 0.1) is 6.61 Å². The number of carbonyl (C=O) groups is 2. The summed E-state index contributed by atoms with van der Waals surface area (Å²) in [6.45, 7) is 2.73. The maximum Gasteiger partial charge on any atom is 0.312 e. The predicted octanol–water partition coefficient (Wildman–Crippen LogP) is 1.96. The second kappa shape index (κ2) is 7.25. The third-order valence-electron chi connectivity index (χ3n) is 4.20. The molecule has 3 amide bonds. The molecule has 0 unspecified atom stereocenters. The molecule has 0 fully saturated rings. The Morgan fingerprint density at radius 2 is 1.88 bits per heavy atom. The molecule has 0 spiro atoms. The van der Waals surface area contributed by atoms with Crippen LogP contribution in [-0.4, -0.2) is 24.6 Å². The number of carbonyl (C=O) groups excluding carboxylic acids is 2. The number of urea groups is 1. The summed E-state index contributed by atoms with van der Waals surface area (Å²) in [4.78, 5) is 22.6. The first-order chi connectivity index (χ1) is 12.0. The monoisotopic (exact) mass is 339 g/mol. The van der Waals surface area contributed by atoms with Gasteiger partial charge in [0.1, 0.15) is 11.8 Å². The minimum Gasteiger partial charge on any atom is -0.493 e. The van der Waals surface area contributed by atoms with Crippen molar-refractivity contribution in [3.8, 4) is 16.9 Å². The molecule has 2 aromatic carbocycles. The van der Waals surface area contributed by atoms with Gasteiger partial charge in [-0.1, -0.05) is 30.3 Å². The fourth-order valence-corrected chi connectivity index (χ4v) is 2.80. The van der Waals surface area contributed by atoms with Crippen LogP contribution in [0.4, 0.5) is 4.79 Å². The van der Waals surface area contributed by atoms with Crippen LogP contribution in [0.3, 0.4) is 0 Å². The van der Waals surface area contributed by atoms with Crippen LogP contribution in [0.25, 0.3) is 11.1 Å². The van der Waals surface area contributed by atoms with Gasteiger partial charge in [0.15, 0.2) is 0 Å². The highest BCUT2D eigenvalue weighted by Crippen LogP contribution is 2.30. The molecule has 6 heteroatoms. The van der Waals surface area contributed by atoms with Crippen LogP contribution in [-0.2, 0) is 17.8 Å². The number of amides is 3. The van der Waals surface area contributed by atoms with E-state index >= 15 is 0 Å². The summed E-state index contributed by atoms with van der Waals surface area (Å²) in [6.07, 6.45) is 0.949. The summed E-state index contributed by atoms with van der Waals surface area (Å²) < 4.78 is 5.53. The average Bonchev–Trinajstić information content (AvgIpc) is 3.07. The van der Waals surface area contributed by atoms with E-state index in [0.717, 1.165) is 35.5 Å². The van der Waals surface area contributed by atoms with Gasteiger partial charge in [-0.05, 0) is 41.3 Å². The molecule has 4 N–H and O–H groups in total. The van der Waals surface area contributed by atoms with Crippen LogP contribution in [0.2, 0.25) is 0 Å². The lowest BCUT2D eigenvalue weighted by atomic mass is 10.0. The Morgan fingerprint density at radius 3 is 2.60 bits per heavy atom. The Morgan fingerprint density at radius 1 is 1.16 bits per heavy atom. The molecule has 1 aliphatic rings. The Hall–Kier alpha value is -3.02. The highest BCUT2D eigenvalue weighted by Gasteiger charge is 2.14. The van der Waals surface area contributed by atoms with Crippen molar-refractivity contribution in [1.29, 1.82) is 0 Å². The first-order valence-corrected chi connectivity index (χ1v) is 8.21. The summed E-state index contributed by atoms with van der Waals surface area (Å²) in [5, 5.41) is 5.12. The van der Waals surface area contributed by atoms with Crippen LogP contribution in [0.15, 0.2) is 42.5 Å². The van der Waals surface area contributed by atoms with E-state index in [-0.39, 0.29) is 5.91 Å². The molecular weight excluding hydrogens is 318 g/mol. The SMILES string of the molecule is C[C@@H](NC(N)=O)C(=O)NCc1ccc(-c2ccc3c(c2)CCO3)cc1. The van der Waals surface area contributed by atoms with Gasteiger partial charge in [-0.25, -0.2) is 4.79 Å². The number of rotatable bonds is 5. The Kier molecular flexibility index (Phi) is 4.88. The average molecular weight is 339 g/mol. The van der Waals surface area contributed by atoms with E-state index in [9.17, 15) is 9.59 Å². The molecule has 0 saturated carbocycles. The van der Waals surface area contributed by atoms with Crippen molar-refractivity contribution < 1.29 is 14.3 Å². The molecule has 0 aromatic heterocycles. The van der Waals surface area contributed by atoms with Crippen LogP contribution in [0.1, 0.15) is 18.1 Å². The zero-order valence-electron chi connectivity index (χ0n) is 14.0. The minimum absolute atomic E-state index is 0.276. The van der Waals surface area contributed by atoms with E-state index in [1.165, 1.54) is 5.56 Å². The molecular formula is C19H21N3O3. The number of primary amides is 1. The van der Waals surface area contributed by atoms with Crippen LogP contribution in [0.5, 0.6) is 5.75 Å². The molecule has 1 aliphatic heterocycles. The summed E-state index contributed by atoms with van der Waals surface area (Å²) in [5.74, 6) is 0.697. The zero-order chi connectivity index (χ0) is 17.8. The molecule has 0 bridgehead atoms. The third kappa shape index (κ3) is 4.09. The second-order valence-corrected chi connectivity index (χ2v) is 6.07. The van der Waals surface area contributed by atoms with E-state index in [1.54, 1.807) is 6.92 Å². The number of nitrogens with one attached hydrogen (secondary N) is 2. The van der Waals surface area contributed by atoms with Crippen molar-refractivity contribution in [2.75, 3.05) is 6.61 Å². The summed E-state index contributed by atoms with van der Waals surface area (Å²) in [6, 6.07) is 12.9. The van der Waals surface area contributed by atoms with E-state index < -0.39 is 12.1 Å². The molecule has 1 atom stereocenters. The lowest BCUT2D eigenvalue weighted by Gasteiger charge is -2.12. The van der Waals surface area contributed by atoms with Gasteiger partial charge < -0.3 is 21.1 Å². The topological polar surface area (TPSA) is 93.5 Å². The highest BCUT2D eigenvalue weighted by atomic mass is 16.5. The Balaban J connectivity index is 1.61. The Labute approximate surface area is 146 Å². The van der Waals surface area contributed by atoms with Crippen molar-refractivity contribution in [3.63, 3.8) is 0 Å². The predicted molar refractivity (Wildman–Crippen MR) is 95.1 cm³/mol. The molecule has 0 aliphatic carbocycles. The van der Waals surface area contributed by atoms with Crippen molar-refractivity contribution in [3.05, 3.63) is 53.6 Å². The standard InChI is InChI=1S/C19H21N3O3/c1-12(22-19(20)24)18(23)21-11-13-2-4-14(5-3-13)15-6-7-17-16(10-15)8-9-25-17/h2-7,10,12H,8-9,11H2,1H3,(H,21,23)(H3,20,22,24)/t12-/m1/s1. The fourth-order valence-electron chi connectivity index (χ4n) is 2.80. The first-order valence-electron chi connectivity index (χ1n) is 8.21. The first kappa shape index (κ1) is 16.8. The molecule has 0 radical (unpaired) electrons. The maximum atomic E-state index is 11.9. The fraction of sp³-hybridized carbons (Fsp3) is 0.263. The smallest absolute Gasteiger partial charge is 0.312 e. The normalized spacial score (nSPS) is 13.5.